The van der Waals surface area contributed by atoms with Crippen molar-refractivity contribution >= 4 is 30.7 Å². The number of amides is 1. The minimum Gasteiger partial charge on any atom is -0.383 e. The van der Waals surface area contributed by atoms with Gasteiger partial charge in [-0.25, -0.2) is 0 Å². The van der Waals surface area contributed by atoms with Crippen LogP contribution in [-0.4, -0.2) is 68.2 Å². The number of ether oxygens (including phenoxy) is 1. The molecule has 1 aliphatic rings. The molecule has 0 aromatic rings. The van der Waals surface area contributed by atoms with Gasteiger partial charge in [0, 0.05) is 39.8 Å². The van der Waals surface area contributed by atoms with Crippen LogP contribution in [0.2, 0.25) is 0 Å². The van der Waals surface area contributed by atoms with Gasteiger partial charge in [-0.05, 0) is 5.41 Å². The maximum Gasteiger partial charge on any atom is 0.240 e. The summed E-state index contributed by atoms with van der Waals surface area (Å²) in [4.78, 5) is 16.4. The molecule has 1 fully saturated rings. The molecule has 0 radical (unpaired) electrons. The molecular weight excluding hydrogens is 301 g/mol. The van der Waals surface area contributed by atoms with E-state index in [4.69, 9.17) is 10.5 Å². The van der Waals surface area contributed by atoms with Crippen molar-refractivity contribution in [1.82, 2.24) is 9.80 Å². The number of carbonyl (C=O) groups is 1. The van der Waals surface area contributed by atoms with Crippen LogP contribution < -0.4 is 5.73 Å². The number of rotatable bonds is 4. The molecule has 0 aromatic heterocycles. The van der Waals surface area contributed by atoms with Crippen molar-refractivity contribution in [1.29, 1.82) is 0 Å². The van der Waals surface area contributed by atoms with Gasteiger partial charge in [-0.3, -0.25) is 9.69 Å². The number of piperazine rings is 1. The van der Waals surface area contributed by atoms with Crippen molar-refractivity contribution in [2.75, 3.05) is 46.4 Å². The molecule has 0 spiro atoms. The first kappa shape index (κ1) is 22.2. The second-order valence-corrected chi connectivity index (χ2v) is 6.00. The molecule has 1 saturated heterocycles. The topological polar surface area (TPSA) is 58.8 Å². The fourth-order valence-electron chi connectivity index (χ4n) is 1.98. The Labute approximate surface area is 135 Å². The smallest absolute Gasteiger partial charge is 0.240 e. The van der Waals surface area contributed by atoms with Gasteiger partial charge >= 0.3 is 0 Å². The van der Waals surface area contributed by atoms with Gasteiger partial charge in [-0.15, -0.1) is 24.8 Å². The van der Waals surface area contributed by atoms with E-state index < -0.39 is 6.04 Å². The third-order valence-electron chi connectivity index (χ3n) is 3.49. The van der Waals surface area contributed by atoms with Crippen molar-refractivity contribution in [2.45, 2.75) is 26.8 Å². The highest BCUT2D eigenvalue weighted by atomic mass is 35.5. The van der Waals surface area contributed by atoms with Crippen molar-refractivity contribution in [3.8, 4) is 0 Å². The van der Waals surface area contributed by atoms with E-state index in [1.54, 1.807) is 7.11 Å². The second-order valence-electron chi connectivity index (χ2n) is 6.00. The Hall–Kier alpha value is -0.0700. The van der Waals surface area contributed by atoms with E-state index in [0.29, 0.717) is 0 Å². The number of nitrogens with two attached hydrogens (primary N) is 1. The Balaban J connectivity index is 0. The summed E-state index contributed by atoms with van der Waals surface area (Å²) < 4.78 is 5.06. The fourth-order valence-corrected chi connectivity index (χ4v) is 1.98. The predicted molar refractivity (Wildman–Crippen MR) is 86.8 cm³/mol. The standard InChI is InChI=1S/C13H27N3O2.2ClH/c1-13(2,3)11(14)12(17)16-7-5-15(6-8-16)9-10-18-4;;/h11H,5-10,14H2,1-4H3;2*1H/t11-;;/m1../s1. The van der Waals surface area contributed by atoms with Gasteiger partial charge in [-0.2, -0.15) is 0 Å². The van der Waals surface area contributed by atoms with E-state index in [9.17, 15) is 4.79 Å². The second kappa shape index (κ2) is 9.79. The van der Waals surface area contributed by atoms with E-state index in [0.717, 1.165) is 39.3 Å². The van der Waals surface area contributed by atoms with Crippen LogP contribution in [0.5, 0.6) is 0 Å². The lowest BCUT2D eigenvalue weighted by atomic mass is 9.86. The summed E-state index contributed by atoms with van der Waals surface area (Å²) in [5.41, 5.74) is 5.84. The number of carbonyl (C=O) groups excluding carboxylic acids is 1. The van der Waals surface area contributed by atoms with Crippen LogP contribution in [0.3, 0.4) is 0 Å². The first-order valence-electron chi connectivity index (χ1n) is 6.62. The van der Waals surface area contributed by atoms with Crippen molar-refractivity contribution < 1.29 is 9.53 Å². The molecule has 1 aliphatic heterocycles. The molecule has 0 aromatic carbocycles. The zero-order chi connectivity index (χ0) is 13.8. The number of halogens is 2. The van der Waals surface area contributed by atoms with Crippen LogP contribution in [0, 0.1) is 5.41 Å². The quantitative estimate of drug-likeness (QED) is 0.835. The van der Waals surface area contributed by atoms with Crippen molar-refractivity contribution in [3.63, 3.8) is 0 Å². The summed E-state index contributed by atoms with van der Waals surface area (Å²) in [5, 5.41) is 0. The van der Waals surface area contributed by atoms with Crippen LogP contribution >= 0.6 is 24.8 Å². The Kier molecular flexibility index (Phi) is 10.9. The molecule has 5 nitrogen and oxygen atoms in total. The Bertz CT molecular complexity index is 277. The highest BCUT2D eigenvalue weighted by Gasteiger charge is 2.32. The Morgan fingerprint density at radius 1 is 1.20 bits per heavy atom. The van der Waals surface area contributed by atoms with Gasteiger partial charge in [0.2, 0.25) is 5.91 Å². The van der Waals surface area contributed by atoms with Crippen LogP contribution in [0.25, 0.3) is 0 Å². The molecule has 122 valence electrons. The molecule has 20 heavy (non-hydrogen) atoms. The normalized spacial score (nSPS) is 17.9. The first-order valence-corrected chi connectivity index (χ1v) is 6.62. The van der Waals surface area contributed by atoms with Crippen LogP contribution in [-0.2, 0) is 9.53 Å². The van der Waals surface area contributed by atoms with Crippen LogP contribution in [0.4, 0.5) is 0 Å². The molecular formula is C13H29Cl2N3O2. The van der Waals surface area contributed by atoms with E-state index in [2.05, 4.69) is 4.90 Å². The molecule has 0 aliphatic carbocycles. The Morgan fingerprint density at radius 2 is 1.70 bits per heavy atom. The van der Waals surface area contributed by atoms with Gasteiger partial charge in [0.05, 0.1) is 12.6 Å². The maximum absolute atomic E-state index is 12.2. The van der Waals surface area contributed by atoms with Crippen molar-refractivity contribution in [2.24, 2.45) is 11.1 Å². The molecule has 1 amide bonds. The molecule has 1 rings (SSSR count). The zero-order valence-corrected chi connectivity index (χ0v) is 14.6. The first-order chi connectivity index (χ1) is 8.36. The number of methoxy groups -OCH3 is 1. The highest BCUT2D eigenvalue weighted by molar-refractivity contribution is 5.85. The number of hydrogen-bond acceptors (Lipinski definition) is 4. The van der Waals surface area contributed by atoms with Gasteiger partial charge < -0.3 is 15.4 Å². The number of nitrogens with zero attached hydrogens (tertiary/aromatic N) is 2. The monoisotopic (exact) mass is 329 g/mol. The molecule has 7 heteroatoms. The average Bonchev–Trinajstić information content (AvgIpc) is 2.34. The summed E-state index contributed by atoms with van der Waals surface area (Å²) in [6, 6.07) is -0.414. The summed E-state index contributed by atoms with van der Waals surface area (Å²) in [6.45, 7) is 11.1. The lowest BCUT2D eigenvalue weighted by molar-refractivity contribution is -0.136. The predicted octanol–water partition coefficient (Wildman–Crippen LogP) is 0.994. The summed E-state index contributed by atoms with van der Waals surface area (Å²) in [7, 11) is 1.71. The highest BCUT2D eigenvalue weighted by Crippen LogP contribution is 2.19. The maximum atomic E-state index is 12.2. The van der Waals surface area contributed by atoms with Crippen molar-refractivity contribution in [3.05, 3.63) is 0 Å². The van der Waals surface area contributed by atoms with Crippen LogP contribution in [0.1, 0.15) is 20.8 Å². The third-order valence-corrected chi connectivity index (χ3v) is 3.49. The van der Waals surface area contributed by atoms with Gasteiger partial charge in [0.25, 0.3) is 0 Å². The average molecular weight is 330 g/mol. The van der Waals surface area contributed by atoms with E-state index in [1.807, 2.05) is 25.7 Å². The minimum absolute atomic E-state index is 0. The van der Waals surface area contributed by atoms with E-state index in [1.165, 1.54) is 0 Å². The van der Waals surface area contributed by atoms with Gasteiger partial charge in [0.15, 0.2) is 0 Å². The van der Waals surface area contributed by atoms with Crippen LogP contribution in [0.15, 0.2) is 0 Å². The minimum atomic E-state index is -0.414. The van der Waals surface area contributed by atoms with E-state index in [-0.39, 0.29) is 36.1 Å². The third kappa shape index (κ3) is 6.59. The molecule has 1 atom stereocenters. The summed E-state index contributed by atoms with van der Waals surface area (Å²) >= 11 is 0. The molecule has 0 bridgehead atoms. The van der Waals surface area contributed by atoms with E-state index >= 15 is 0 Å². The fraction of sp³-hybridized carbons (Fsp3) is 0.923. The molecule has 0 unspecified atom stereocenters. The van der Waals surface area contributed by atoms with Gasteiger partial charge in [0.1, 0.15) is 0 Å². The zero-order valence-electron chi connectivity index (χ0n) is 12.9. The summed E-state index contributed by atoms with van der Waals surface area (Å²) in [5.74, 6) is 0.0777. The Morgan fingerprint density at radius 3 is 2.10 bits per heavy atom. The lowest BCUT2D eigenvalue weighted by Gasteiger charge is -2.38. The summed E-state index contributed by atoms with van der Waals surface area (Å²) in [6.07, 6.45) is 0. The van der Waals surface area contributed by atoms with Gasteiger partial charge in [-0.1, -0.05) is 20.8 Å². The SMILES string of the molecule is COCCN1CCN(C(=O)[C@@H](N)C(C)(C)C)CC1.Cl.Cl. The lowest BCUT2D eigenvalue weighted by Crippen LogP contribution is -2.56. The molecule has 1 heterocycles. The number of hydrogen-bond donors (Lipinski definition) is 1. The largest absolute Gasteiger partial charge is 0.383 e. The molecule has 2 N–H and O–H groups in total. The molecule has 0 saturated carbocycles.